The largest absolute Gasteiger partial charge is 0.455 e. The van der Waals surface area contributed by atoms with Gasteiger partial charge in [-0.2, -0.15) is 0 Å². The molecule has 0 heterocycles. The van der Waals surface area contributed by atoms with Crippen LogP contribution < -0.4 is 15.4 Å². The molecule has 0 aromatic heterocycles. The summed E-state index contributed by atoms with van der Waals surface area (Å²) in [5.41, 5.74) is 0.731. The summed E-state index contributed by atoms with van der Waals surface area (Å²) < 4.78 is 5.96. The van der Waals surface area contributed by atoms with E-state index in [2.05, 4.69) is 10.6 Å². The van der Waals surface area contributed by atoms with Crippen molar-refractivity contribution in [3.05, 3.63) is 54.6 Å². The van der Waals surface area contributed by atoms with Crippen molar-refractivity contribution in [1.29, 1.82) is 0 Å². The molecule has 146 valence electrons. The highest BCUT2D eigenvalue weighted by atomic mass is 16.5. The van der Waals surface area contributed by atoms with Crippen molar-refractivity contribution in [1.82, 2.24) is 0 Å². The van der Waals surface area contributed by atoms with Crippen molar-refractivity contribution in [2.45, 2.75) is 38.1 Å². The van der Waals surface area contributed by atoms with Gasteiger partial charge in [-0.1, -0.05) is 30.3 Å². The number of carbonyl (C=O) groups is 1. The first kappa shape index (κ1) is 17.7. The van der Waals surface area contributed by atoms with Crippen molar-refractivity contribution in [2.24, 2.45) is 23.7 Å². The topological polar surface area (TPSA) is 54.9 Å². The minimum atomic E-state index is 0.0536. The van der Waals surface area contributed by atoms with Crippen LogP contribution in [0.2, 0.25) is 0 Å². The maximum absolute atomic E-state index is 12.7. The van der Waals surface area contributed by atoms with Gasteiger partial charge in [0.15, 0.2) is 12.3 Å². The summed E-state index contributed by atoms with van der Waals surface area (Å²) in [6, 6.07) is 18.0. The van der Waals surface area contributed by atoms with Crippen LogP contribution in [-0.2, 0) is 4.79 Å². The zero-order valence-electron chi connectivity index (χ0n) is 16.2. The molecule has 4 heteroatoms. The van der Waals surface area contributed by atoms with Crippen LogP contribution in [0.15, 0.2) is 54.6 Å². The van der Waals surface area contributed by atoms with E-state index in [9.17, 15) is 4.79 Å². The number of anilines is 1. The quantitative estimate of drug-likeness (QED) is 0.804. The number of nitrogens with one attached hydrogen (secondary N) is 1. The summed E-state index contributed by atoms with van der Waals surface area (Å²) in [6.07, 6.45) is 7.04. The van der Waals surface area contributed by atoms with Gasteiger partial charge in [0.1, 0.15) is 5.75 Å². The molecule has 2 aromatic rings. The Morgan fingerprint density at radius 3 is 2.25 bits per heavy atom. The number of benzene rings is 2. The van der Waals surface area contributed by atoms with Crippen molar-refractivity contribution in [2.75, 3.05) is 11.9 Å². The van der Waals surface area contributed by atoms with Crippen molar-refractivity contribution >= 4 is 11.6 Å². The predicted molar refractivity (Wildman–Crippen MR) is 109 cm³/mol. The lowest BCUT2D eigenvalue weighted by Gasteiger charge is -2.52. The van der Waals surface area contributed by atoms with E-state index < -0.39 is 0 Å². The van der Waals surface area contributed by atoms with Gasteiger partial charge in [-0.3, -0.25) is 4.79 Å². The molecule has 3 N–H and O–H groups in total. The third-order valence-corrected chi connectivity index (χ3v) is 7.01. The molecule has 6 rings (SSSR count). The van der Waals surface area contributed by atoms with Crippen LogP contribution in [0.25, 0.3) is 0 Å². The molecular weight excluding hydrogens is 348 g/mol. The molecule has 4 bridgehead atoms. The average Bonchev–Trinajstić information content (AvgIpc) is 2.69. The molecule has 4 aliphatic carbocycles. The number of para-hydroxylation sites is 3. The molecule has 4 aliphatic rings. The first-order chi connectivity index (χ1) is 13.7. The Morgan fingerprint density at radius 1 is 0.893 bits per heavy atom. The summed E-state index contributed by atoms with van der Waals surface area (Å²) in [7, 11) is 0. The maximum Gasteiger partial charge on any atom is 0.279 e. The Hall–Kier alpha value is -2.33. The predicted octanol–water partition coefficient (Wildman–Crippen LogP) is 3.81. The van der Waals surface area contributed by atoms with Crippen LogP contribution >= 0.6 is 0 Å². The second-order valence-electron chi connectivity index (χ2n) is 8.91. The Kier molecular flexibility index (Phi) is 4.81. The van der Waals surface area contributed by atoms with Crippen molar-refractivity contribution in [3.63, 3.8) is 0 Å². The lowest BCUT2D eigenvalue weighted by Crippen LogP contribution is -2.95. The molecule has 4 nitrogen and oxygen atoms in total. The lowest BCUT2D eigenvalue weighted by molar-refractivity contribution is -0.699. The first-order valence-electron chi connectivity index (χ1n) is 10.7. The summed E-state index contributed by atoms with van der Waals surface area (Å²) in [6.45, 7) is 0.493. The van der Waals surface area contributed by atoms with Crippen LogP contribution in [0.4, 0.5) is 5.69 Å². The van der Waals surface area contributed by atoms with Gasteiger partial charge in [-0.25, -0.2) is 0 Å². The Bertz CT molecular complexity index is 808. The van der Waals surface area contributed by atoms with Gasteiger partial charge in [0.05, 0.1) is 11.7 Å². The number of rotatable bonds is 6. The number of nitrogens with two attached hydrogens (primary N) is 1. The SMILES string of the molecule is O=C(C[NH2+]C1C2CC3CC(C2)CC1C3)Nc1ccccc1Oc1ccccc1. The monoisotopic (exact) mass is 377 g/mol. The smallest absolute Gasteiger partial charge is 0.279 e. The standard InChI is InChI=1S/C24H28N2O2/c27-23(15-25-24-18-11-16-10-17(13-18)14-19(24)12-16)26-21-8-4-5-9-22(21)28-20-6-2-1-3-7-20/h1-9,16-19,24-25H,10-15H2,(H,26,27)/p+1. The van der Waals surface area contributed by atoms with E-state index in [-0.39, 0.29) is 5.91 Å². The van der Waals surface area contributed by atoms with Gasteiger partial charge in [-0.15, -0.1) is 0 Å². The highest BCUT2D eigenvalue weighted by Gasteiger charge is 2.50. The van der Waals surface area contributed by atoms with Crippen LogP contribution in [0, 0.1) is 23.7 Å². The number of ether oxygens (including phenoxy) is 1. The molecule has 0 aliphatic heterocycles. The summed E-state index contributed by atoms with van der Waals surface area (Å²) in [5.74, 6) is 5.11. The molecular formula is C24H29N2O2+. The molecule has 0 unspecified atom stereocenters. The highest BCUT2D eigenvalue weighted by Crippen LogP contribution is 2.52. The van der Waals surface area contributed by atoms with E-state index in [1.807, 2.05) is 54.6 Å². The minimum Gasteiger partial charge on any atom is -0.455 e. The lowest BCUT2D eigenvalue weighted by atomic mass is 9.54. The maximum atomic E-state index is 12.7. The first-order valence-corrected chi connectivity index (χ1v) is 10.7. The Morgan fingerprint density at radius 2 is 1.54 bits per heavy atom. The van der Waals surface area contributed by atoms with Gasteiger partial charge in [0.2, 0.25) is 0 Å². The summed E-state index contributed by atoms with van der Waals surface area (Å²) in [4.78, 5) is 12.7. The Balaban J connectivity index is 1.20. The second kappa shape index (κ2) is 7.59. The number of hydrogen-bond acceptors (Lipinski definition) is 2. The highest BCUT2D eigenvalue weighted by molar-refractivity contribution is 5.92. The number of hydrogen-bond donors (Lipinski definition) is 2. The molecule has 0 spiro atoms. The number of quaternary nitrogens is 1. The minimum absolute atomic E-state index is 0.0536. The summed E-state index contributed by atoms with van der Waals surface area (Å²) in [5, 5.41) is 5.38. The van der Waals surface area contributed by atoms with E-state index in [0.29, 0.717) is 18.3 Å². The van der Waals surface area contributed by atoms with E-state index in [0.717, 1.165) is 35.1 Å². The van der Waals surface area contributed by atoms with Crippen LogP contribution in [-0.4, -0.2) is 18.5 Å². The van der Waals surface area contributed by atoms with E-state index in [1.54, 1.807) is 0 Å². The van der Waals surface area contributed by atoms with Gasteiger partial charge in [-0.05, 0) is 68.2 Å². The zero-order valence-corrected chi connectivity index (χ0v) is 16.2. The normalized spacial score (nSPS) is 30.2. The molecule has 2 aromatic carbocycles. The summed E-state index contributed by atoms with van der Waals surface area (Å²) >= 11 is 0. The molecule has 4 saturated carbocycles. The molecule has 4 fully saturated rings. The van der Waals surface area contributed by atoms with Crippen LogP contribution in [0.1, 0.15) is 32.1 Å². The number of amides is 1. The van der Waals surface area contributed by atoms with Gasteiger partial charge >= 0.3 is 0 Å². The molecule has 28 heavy (non-hydrogen) atoms. The molecule has 0 radical (unpaired) electrons. The van der Waals surface area contributed by atoms with E-state index in [1.165, 1.54) is 32.1 Å². The third-order valence-electron chi connectivity index (χ3n) is 7.01. The van der Waals surface area contributed by atoms with E-state index in [4.69, 9.17) is 4.74 Å². The second-order valence-corrected chi connectivity index (χ2v) is 8.91. The van der Waals surface area contributed by atoms with Crippen LogP contribution in [0.5, 0.6) is 11.5 Å². The third kappa shape index (κ3) is 3.66. The van der Waals surface area contributed by atoms with Gasteiger partial charge in [0, 0.05) is 11.8 Å². The molecule has 0 saturated heterocycles. The fourth-order valence-corrected chi connectivity index (χ4v) is 6.07. The molecule has 1 amide bonds. The van der Waals surface area contributed by atoms with Crippen molar-refractivity contribution < 1.29 is 14.8 Å². The fraction of sp³-hybridized carbons (Fsp3) is 0.458. The van der Waals surface area contributed by atoms with Crippen LogP contribution in [0.3, 0.4) is 0 Å². The van der Waals surface area contributed by atoms with Crippen molar-refractivity contribution in [3.8, 4) is 11.5 Å². The average molecular weight is 378 g/mol. The molecule has 0 atom stereocenters. The Labute approximate surface area is 166 Å². The van der Waals surface area contributed by atoms with E-state index >= 15 is 0 Å². The zero-order chi connectivity index (χ0) is 18.9. The number of carbonyl (C=O) groups excluding carboxylic acids is 1. The van der Waals surface area contributed by atoms with Gasteiger partial charge < -0.3 is 15.4 Å². The van der Waals surface area contributed by atoms with Gasteiger partial charge in [0.25, 0.3) is 5.91 Å². The fourth-order valence-electron chi connectivity index (χ4n) is 6.07.